The van der Waals surface area contributed by atoms with Crippen LogP contribution in [0.25, 0.3) is 27.9 Å². The van der Waals surface area contributed by atoms with E-state index in [0.717, 1.165) is 71.5 Å². The van der Waals surface area contributed by atoms with Crippen molar-refractivity contribution in [1.29, 1.82) is 0 Å². The first-order valence-electron chi connectivity index (χ1n) is 13.8. The van der Waals surface area contributed by atoms with Gasteiger partial charge in [0, 0.05) is 48.5 Å². The van der Waals surface area contributed by atoms with Crippen molar-refractivity contribution in [3.05, 3.63) is 84.3 Å². The molecule has 39 heavy (non-hydrogen) atoms. The molecule has 1 aromatic heterocycles. The Morgan fingerprint density at radius 2 is 1.87 bits per heavy atom. The number of nitrogens with one attached hydrogen (secondary N) is 2. The molecular formula is C31H35N7O. The lowest BCUT2D eigenvalue weighted by Gasteiger charge is -2.41. The molecule has 6 rings (SSSR count). The number of amidine groups is 1. The van der Waals surface area contributed by atoms with Gasteiger partial charge >= 0.3 is 6.03 Å². The summed E-state index contributed by atoms with van der Waals surface area (Å²) in [7, 11) is 0. The van der Waals surface area contributed by atoms with Gasteiger partial charge in [0.1, 0.15) is 17.2 Å². The molecule has 1 unspecified atom stereocenters. The second kappa shape index (κ2) is 10.1. The zero-order chi connectivity index (χ0) is 27.0. The predicted molar refractivity (Wildman–Crippen MR) is 156 cm³/mol. The Morgan fingerprint density at radius 1 is 1.10 bits per heavy atom. The third kappa shape index (κ3) is 4.71. The molecule has 1 atom stereocenters. The summed E-state index contributed by atoms with van der Waals surface area (Å²) in [6, 6.07) is 20.8. The van der Waals surface area contributed by atoms with Gasteiger partial charge in [-0.2, -0.15) is 0 Å². The molecule has 8 heteroatoms. The topological polar surface area (TPSA) is 98.9 Å². The summed E-state index contributed by atoms with van der Waals surface area (Å²) < 4.78 is 0. The number of likely N-dealkylation sites (tertiary alicyclic amines) is 1. The Kier molecular flexibility index (Phi) is 6.46. The van der Waals surface area contributed by atoms with Crippen LogP contribution in [0.5, 0.6) is 0 Å². The lowest BCUT2D eigenvalue weighted by atomic mass is 9.87. The molecule has 1 fully saturated rings. The molecule has 0 radical (unpaired) electrons. The Morgan fingerprint density at radius 3 is 2.64 bits per heavy atom. The first-order chi connectivity index (χ1) is 18.9. The van der Waals surface area contributed by atoms with E-state index in [1.54, 1.807) is 6.20 Å². The van der Waals surface area contributed by atoms with Crippen molar-refractivity contribution < 1.29 is 4.79 Å². The number of rotatable bonds is 5. The van der Waals surface area contributed by atoms with E-state index in [2.05, 4.69) is 69.9 Å². The van der Waals surface area contributed by atoms with Crippen LogP contribution >= 0.6 is 0 Å². The van der Waals surface area contributed by atoms with E-state index < -0.39 is 0 Å². The van der Waals surface area contributed by atoms with Gasteiger partial charge in [-0.15, -0.1) is 0 Å². The number of amides is 2. The molecule has 2 amide bonds. The van der Waals surface area contributed by atoms with E-state index >= 15 is 0 Å². The number of nitrogens with two attached hydrogens (primary N) is 1. The van der Waals surface area contributed by atoms with Gasteiger partial charge in [0.05, 0.1) is 16.9 Å². The van der Waals surface area contributed by atoms with Crippen LogP contribution in [0.3, 0.4) is 0 Å². The van der Waals surface area contributed by atoms with Crippen LogP contribution in [0.4, 0.5) is 4.79 Å². The number of carbonyl (C=O) groups is 1. The minimum absolute atomic E-state index is 0.0377. The number of urea groups is 1. The molecule has 4 N–H and O–H groups in total. The van der Waals surface area contributed by atoms with Crippen LogP contribution in [0.2, 0.25) is 0 Å². The number of aliphatic imine (C=N–C) groups is 1. The molecule has 0 spiro atoms. The summed E-state index contributed by atoms with van der Waals surface area (Å²) in [5.74, 6) is 0.981. The molecule has 0 aliphatic carbocycles. The fourth-order valence-corrected chi connectivity index (χ4v) is 6.05. The molecule has 3 aliphatic heterocycles. The first kappa shape index (κ1) is 25.0. The highest BCUT2D eigenvalue weighted by atomic mass is 16.2. The van der Waals surface area contributed by atoms with E-state index in [0.29, 0.717) is 18.3 Å². The van der Waals surface area contributed by atoms with Crippen molar-refractivity contribution in [3.8, 4) is 11.3 Å². The average molecular weight is 522 g/mol. The molecule has 3 aromatic rings. The molecule has 200 valence electrons. The molecule has 1 saturated heterocycles. The number of pyridine rings is 1. The average Bonchev–Trinajstić information content (AvgIpc) is 3.26. The largest absolute Gasteiger partial charge is 0.382 e. The van der Waals surface area contributed by atoms with Crippen molar-refractivity contribution >= 4 is 28.5 Å². The van der Waals surface area contributed by atoms with Gasteiger partial charge in [-0.1, -0.05) is 48.5 Å². The van der Waals surface area contributed by atoms with Gasteiger partial charge in [-0.3, -0.25) is 0 Å². The van der Waals surface area contributed by atoms with Crippen molar-refractivity contribution in [1.82, 2.24) is 25.4 Å². The van der Waals surface area contributed by atoms with Crippen LogP contribution in [0.15, 0.2) is 83.8 Å². The summed E-state index contributed by atoms with van der Waals surface area (Å²) in [6.45, 7) is 6.39. The number of hydrogen-bond acceptors (Lipinski definition) is 6. The van der Waals surface area contributed by atoms with E-state index in [4.69, 9.17) is 10.7 Å². The number of hydrogen-bond donors (Lipinski definition) is 3. The van der Waals surface area contributed by atoms with Gasteiger partial charge in [0.25, 0.3) is 0 Å². The standard InChI is InChI=1S/C31H35N7O/c1-3-33-30(39)37-16-13-21(14-17-37)20-31(2)36-27(28-29(32)34-15-18-38(28)31)24-10-9-23-11-12-25(35-26(23)19-24)22-7-5-4-6-8-22/h4-12,15,18-19,21,36H,3,13-14,16-17,20H2,1-2H3,(H2,32,34)(H,33,39). The lowest BCUT2D eigenvalue weighted by Crippen LogP contribution is -2.52. The number of fused-ring (bicyclic) bond motifs is 2. The third-order valence-electron chi connectivity index (χ3n) is 8.04. The zero-order valence-electron chi connectivity index (χ0n) is 22.5. The quantitative estimate of drug-likeness (QED) is 0.445. The van der Waals surface area contributed by atoms with Crippen LogP contribution in [0.1, 0.15) is 38.7 Å². The SMILES string of the molecule is CCNC(=O)N1CCC(CC2(C)NC(c3ccc4ccc(-c5ccccc5)nc4c3)=C3C(N)=NC=CN32)CC1. The van der Waals surface area contributed by atoms with Crippen molar-refractivity contribution in [2.45, 2.75) is 38.8 Å². The molecule has 4 heterocycles. The molecular weight excluding hydrogens is 486 g/mol. The summed E-state index contributed by atoms with van der Waals surface area (Å²) >= 11 is 0. The minimum atomic E-state index is -0.367. The number of aromatic nitrogens is 1. The van der Waals surface area contributed by atoms with E-state index in [1.807, 2.05) is 36.2 Å². The molecule has 3 aliphatic rings. The first-order valence-corrected chi connectivity index (χ1v) is 13.8. The second-order valence-corrected chi connectivity index (χ2v) is 10.7. The number of benzene rings is 2. The molecule has 2 aromatic carbocycles. The predicted octanol–water partition coefficient (Wildman–Crippen LogP) is 4.87. The van der Waals surface area contributed by atoms with Gasteiger partial charge in [0.2, 0.25) is 0 Å². The van der Waals surface area contributed by atoms with Gasteiger partial charge in [0.15, 0.2) is 0 Å². The van der Waals surface area contributed by atoms with E-state index in [-0.39, 0.29) is 11.7 Å². The number of nitrogens with zero attached hydrogens (tertiary/aromatic N) is 4. The van der Waals surface area contributed by atoms with Crippen molar-refractivity contribution in [3.63, 3.8) is 0 Å². The zero-order valence-corrected chi connectivity index (χ0v) is 22.5. The monoisotopic (exact) mass is 521 g/mol. The van der Waals surface area contributed by atoms with Crippen LogP contribution in [-0.2, 0) is 0 Å². The normalized spacial score (nSPS) is 21.1. The van der Waals surface area contributed by atoms with Gasteiger partial charge in [-0.25, -0.2) is 14.8 Å². The Balaban J connectivity index is 1.28. The molecule has 8 nitrogen and oxygen atoms in total. The highest BCUT2D eigenvalue weighted by Crippen LogP contribution is 2.41. The van der Waals surface area contributed by atoms with Gasteiger partial charge in [-0.05, 0) is 51.2 Å². The minimum Gasteiger partial charge on any atom is -0.382 e. The van der Waals surface area contributed by atoms with E-state index in [1.165, 1.54) is 0 Å². The Hall–Kier alpha value is -4.33. The second-order valence-electron chi connectivity index (χ2n) is 10.7. The number of piperidine rings is 1. The van der Waals surface area contributed by atoms with Crippen molar-refractivity contribution in [2.24, 2.45) is 16.6 Å². The van der Waals surface area contributed by atoms with E-state index in [9.17, 15) is 4.79 Å². The fourth-order valence-electron chi connectivity index (χ4n) is 6.05. The smallest absolute Gasteiger partial charge is 0.317 e. The third-order valence-corrected chi connectivity index (χ3v) is 8.04. The fraction of sp³-hybridized carbons (Fsp3) is 0.323. The lowest BCUT2D eigenvalue weighted by molar-refractivity contribution is 0.124. The Labute approximate surface area is 229 Å². The highest BCUT2D eigenvalue weighted by Gasteiger charge is 2.44. The maximum Gasteiger partial charge on any atom is 0.317 e. The van der Waals surface area contributed by atoms with Crippen LogP contribution in [-0.4, -0.2) is 51.9 Å². The number of carbonyl (C=O) groups excluding carboxylic acids is 1. The summed E-state index contributed by atoms with van der Waals surface area (Å²) in [5.41, 5.74) is 12.0. The molecule has 0 saturated carbocycles. The summed E-state index contributed by atoms with van der Waals surface area (Å²) in [5, 5.41) is 7.85. The van der Waals surface area contributed by atoms with Gasteiger partial charge < -0.3 is 26.2 Å². The molecule has 0 bridgehead atoms. The van der Waals surface area contributed by atoms with Crippen LogP contribution in [0, 0.1) is 5.92 Å². The maximum atomic E-state index is 12.3. The Bertz CT molecular complexity index is 1490. The van der Waals surface area contributed by atoms with Crippen molar-refractivity contribution in [2.75, 3.05) is 19.6 Å². The summed E-state index contributed by atoms with van der Waals surface area (Å²) in [4.78, 5) is 25.9. The summed E-state index contributed by atoms with van der Waals surface area (Å²) in [6.07, 6.45) is 6.66. The maximum absolute atomic E-state index is 12.3. The van der Waals surface area contributed by atoms with Crippen LogP contribution < -0.4 is 16.4 Å². The highest BCUT2D eigenvalue weighted by molar-refractivity contribution is 6.05.